The second-order valence-electron chi connectivity index (χ2n) is 4.79. The van der Waals surface area contributed by atoms with Gasteiger partial charge in [-0.1, -0.05) is 17.8 Å². The van der Waals surface area contributed by atoms with Crippen molar-refractivity contribution in [2.75, 3.05) is 17.8 Å². The van der Waals surface area contributed by atoms with E-state index in [4.69, 9.17) is 4.74 Å². The summed E-state index contributed by atoms with van der Waals surface area (Å²) in [5.41, 5.74) is 2.55. The Hall–Kier alpha value is -1.60. The molecular weight excluding hydrogens is 304 g/mol. The fourth-order valence-corrected chi connectivity index (χ4v) is 3.81. The number of nitrogens with zero attached hydrogens (tertiary/aromatic N) is 3. The molecule has 2 aliphatic heterocycles. The van der Waals surface area contributed by atoms with E-state index in [1.165, 1.54) is 22.9 Å². The van der Waals surface area contributed by atoms with Crippen molar-refractivity contribution in [2.45, 2.75) is 17.0 Å². The number of rotatable bonds is 3. The topological polar surface area (TPSA) is 54.0 Å². The smallest absolute Gasteiger partial charge is 0.227 e. The van der Waals surface area contributed by atoms with Crippen molar-refractivity contribution >= 4 is 29.5 Å². The highest BCUT2D eigenvalue weighted by Gasteiger charge is 2.27. The van der Waals surface area contributed by atoms with E-state index in [1.807, 2.05) is 12.5 Å². The third-order valence-electron chi connectivity index (χ3n) is 3.56. The largest absolute Gasteiger partial charge is 0.493 e. The molecule has 0 spiro atoms. The molecule has 0 saturated heterocycles. The fraction of sp³-hybridized carbons (Fsp3) is 0.286. The van der Waals surface area contributed by atoms with Crippen LogP contribution in [0.4, 0.5) is 5.95 Å². The van der Waals surface area contributed by atoms with Gasteiger partial charge < -0.3 is 9.64 Å². The molecule has 7 heteroatoms. The Morgan fingerprint density at radius 1 is 1.48 bits per heavy atom. The van der Waals surface area contributed by atoms with Crippen molar-refractivity contribution in [3.8, 4) is 5.75 Å². The van der Waals surface area contributed by atoms with Gasteiger partial charge in [-0.25, -0.2) is 5.10 Å². The van der Waals surface area contributed by atoms with Crippen molar-refractivity contribution in [3.05, 3.63) is 40.9 Å². The van der Waals surface area contributed by atoms with Crippen LogP contribution in [0.3, 0.4) is 0 Å². The Bertz CT molecular complexity index is 700. The van der Waals surface area contributed by atoms with Crippen molar-refractivity contribution in [1.82, 2.24) is 15.2 Å². The summed E-state index contributed by atoms with van der Waals surface area (Å²) in [5.74, 6) is 1.80. The van der Waals surface area contributed by atoms with Crippen molar-refractivity contribution in [1.29, 1.82) is 0 Å². The number of anilines is 1. The number of aromatic nitrogens is 3. The number of fused-ring (bicyclic) bond motifs is 1. The van der Waals surface area contributed by atoms with Gasteiger partial charge in [0.2, 0.25) is 11.1 Å². The number of H-pyrrole nitrogens is 1. The molecule has 2 aromatic rings. The van der Waals surface area contributed by atoms with Gasteiger partial charge in [-0.15, -0.1) is 16.9 Å². The second-order valence-corrected chi connectivity index (χ2v) is 6.56. The molecule has 0 fully saturated rings. The number of nitrogens with one attached hydrogen (secondary N) is 1. The summed E-state index contributed by atoms with van der Waals surface area (Å²) < 4.78 is 5.58. The minimum Gasteiger partial charge on any atom is -0.493 e. The Morgan fingerprint density at radius 3 is 3.29 bits per heavy atom. The quantitative estimate of drug-likeness (QED) is 0.877. The zero-order valence-corrected chi connectivity index (χ0v) is 13.1. The van der Waals surface area contributed by atoms with Gasteiger partial charge in [0.25, 0.3) is 0 Å². The van der Waals surface area contributed by atoms with Crippen LogP contribution >= 0.6 is 23.5 Å². The highest BCUT2D eigenvalue weighted by Crippen LogP contribution is 2.42. The number of hydrogen-bond donors (Lipinski definition) is 1. The van der Waals surface area contributed by atoms with Crippen LogP contribution in [0, 0.1) is 0 Å². The van der Waals surface area contributed by atoms with Gasteiger partial charge in [0.05, 0.1) is 6.61 Å². The number of thioether (sulfide) groups is 2. The molecule has 5 nitrogen and oxygen atoms in total. The summed E-state index contributed by atoms with van der Waals surface area (Å²) in [6, 6.07) is 6.45. The average Bonchev–Trinajstić information content (AvgIpc) is 3.24. The van der Waals surface area contributed by atoms with Crippen molar-refractivity contribution in [2.24, 2.45) is 0 Å². The van der Waals surface area contributed by atoms with E-state index in [2.05, 4.69) is 43.7 Å². The summed E-state index contributed by atoms with van der Waals surface area (Å²) in [6.45, 7) is 0.789. The highest BCUT2D eigenvalue weighted by molar-refractivity contribution is 8.02. The molecule has 1 N–H and O–H groups in total. The van der Waals surface area contributed by atoms with Crippen LogP contribution in [-0.4, -0.2) is 28.0 Å². The molecule has 0 saturated carbocycles. The van der Waals surface area contributed by atoms with E-state index in [9.17, 15) is 0 Å². The summed E-state index contributed by atoms with van der Waals surface area (Å²) in [6.07, 6.45) is 5.01. The third kappa shape index (κ3) is 2.30. The van der Waals surface area contributed by atoms with Crippen LogP contribution in [0.15, 0.2) is 35.0 Å². The molecule has 1 aromatic carbocycles. The van der Waals surface area contributed by atoms with Gasteiger partial charge in [0, 0.05) is 12.6 Å². The maximum absolute atomic E-state index is 5.58. The first-order valence-electron chi connectivity index (χ1n) is 6.67. The van der Waals surface area contributed by atoms with Gasteiger partial charge >= 0.3 is 0 Å². The van der Waals surface area contributed by atoms with Gasteiger partial charge in [-0.2, -0.15) is 4.98 Å². The lowest BCUT2D eigenvalue weighted by molar-refractivity contribution is 0.357. The van der Waals surface area contributed by atoms with Crippen LogP contribution < -0.4 is 9.64 Å². The first-order chi connectivity index (χ1) is 10.3. The molecule has 108 valence electrons. The first-order valence-corrected chi connectivity index (χ1v) is 8.84. The normalized spacial score (nSPS) is 19.9. The monoisotopic (exact) mass is 318 g/mol. The molecule has 1 atom stereocenters. The van der Waals surface area contributed by atoms with E-state index >= 15 is 0 Å². The van der Waals surface area contributed by atoms with Gasteiger partial charge in [-0.05, 0) is 34.9 Å². The van der Waals surface area contributed by atoms with Crippen LogP contribution in [-0.2, 0) is 6.42 Å². The van der Waals surface area contributed by atoms with Gasteiger partial charge in [0.15, 0.2) is 0 Å². The van der Waals surface area contributed by atoms with E-state index in [-0.39, 0.29) is 5.37 Å². The summed E-state index contributed by atoms with van der Waals surface area (Å²) >= 11 is 3.30. The zero-order valence-electron chi connectivity index (χ0n) is 11.4. The lowest BCUT2D eigenvalue weighted by Gasteiger charge is -2.22. The lowest BCUT2D eigenvalue weighted by Crippen LogP contribution is -2.18. The molecule has 0 radical (unpaired) electrons. The number of hydrogen-bond acceptors (Lipinski definition) is 6. The van der Waals surface area contributed by atoms with Crippen LogP contribution in [0.1, 0.15) is 16.5 Å². The maximum atomic E-state index is 5.58. The van der Waals surface area contributed by atoms with Crippen molar-refractivity contribution in [3.63, 3.8) is 0 Å². The highest BCUT2D eigenvalue weighted by atomic mass is 32.2. The van der Waals surface area contributed by atoms with Crippen LogP contribution in [0.5, 0.6) is 5.75 Å². The SMILES string of the molecule is CSc1n[nH]c(N2C=CSC2c2ccc3c(c2)CCO3)n1. The average molecular weight is 318 g/mol. The molecule has 21 heavy (non-hydrogen) atoms. The minimum atomic E-state index is 0.193. The molecule has 2 aliphatic rings. The predicted molar refractivity (Wildman–Crippen MR) is 85.8 cm³/mol. The first kappa shape index (κ1) is 13.1. The third-order valence-corrected chi connectivity index (χ3v) is 5.14. The minimum absolute atomic E-state index is 0.193. The Morgan fingerprint density at radius 2 is 2.43 bits per heavy atom. The Balaban J connectivity index is 1.65. The van der Waals surface area contributed by atoms with Gasteiger partial charge in [-0.3, -0.25) is 0 Å². The number of ether oxygens (including phenoxy) is 1. The molecule has 0 aliphatic carbocycles. The Labute approximate surface area is 131 Å². The Kier molecular flexibility index (Phi) is 3.31. The predicted octanol–water partition coefficient (Wildman–Crippen LogP) is 3.18. The van der Waals surface area contributed by atoms with E-state index in [1.54, 1.807) is 11.8 Å². The fourth-order valence-electron chi connectivity index (χ4n) is 2.54. The molecule has 0 amide bonds. The lowest BCUT2D eigenvalue weighted by atomic mass is 10.1. The summed E-state index contributed by atoms with van der Waals surface area (Å²) in [5, 5.41) is 10.2. The molecule has 1 unspecified atom stereocenters. The summed E-state index contributed by atoms with van der Waals surface area (Å²) in [7, 11) is 0. The van der Waals surface area contributed by atoms with E-state index in [0.717, 1.165) is 29.9 Å². The molecule has 1 aromatic heterocycles. The molecular formula is C14H14N4OS2. The van der Waals surface area contributed by atoms with Crippen LogP contribution in [0.25, 0.3) is 0 Å². The standard InChI is InChI=1S/C14H14N4OS2/c1-20-14-15-13(16-17-14)18-5-7-21-12(18)10-2-3-11-9(8-10)4-6-19-11/h2-3,5,7-8,12H,4,6H2,1H3,(H,15,16,17). The van der Waals surface area contributed by atoms with Gasteiger partial charge in [0.1, 0.15) is 11.1 Å². The number of benzene rings is 1. The molecule has 3 heterocycles. The van der Waals surface area contributed by atoms with Crippen molar-refractivity contribution < 1.29 is 4.74 Å². The zero-order chi connectivity index (χ0) is 14.2. The van der Waals surface area contributed by atoms with E-state index in [0.29, 0.717) is 0 Å². The maximum Gasteiger partial charge on any atom is 0.227 e. The van der Waals surface area contributed by atoms with E-state index < -0.39 is 0 Å². The molecule has 4 rings (SSSR count). The second kappa shape index (κ2) is 5.31. The summed E-state index contributed by atoms with van der Waals surface area (Å²) in [4.78, 5) is 6.61. The number of aromatic amines is 1. The van der Waals surface area contributed by atoms with Crippen LogP contribution in [0.2, 0.25) is 0 Å². The molecule has 0 bridgehead atoms.